The summed E-state index contributed by atoms with van der Waals surface area (Å²) < 4.78 is 6.17. The monoisotopic (exact) mass is 670 g/mol. The van der Waals surface area contributed by atoms with Crippen LogP contribution in [0.1, 0.15) is 163 Å². The zero-order valence-electron chi connectivity index (χ0n) is 31.9. The van der Waals surface area contributed by atoms with Crippen LogP contribution < -0.4 is 11.5 Å². The van der Waals surface area contributed by atoms with Gasteiger partial charge in [-0.15, -0.1) is 0 Å². The number of unbranched alkanes of at least 4 members (excludes halogenated alkanes) is 6. The average Bonchev–Trinajstić information content (AvgIpc) is 3.41. The van der Waals surface area contributed by atoms with Crippen molar-refractivity contribution >= 4 is 11.9 Å². The van der Waals surface area contributed by atoms with E-state index in [1.807, 2.05) is 0 Å². The molecule has 6 heteroatoms. The van der Waals surface area contributed by atoms with Crippen molar-refractivity contribution in [3.63, 3.8) is 0 Å². The predicted octanol–water partition coefficient (Wildman–Crippen LogP) is 9.20. The average molecular weight is 670 g/mol. The van der Waals surface area contributed by atoms with Gasteiger partial charge < -0.3 is 21.1 Å². The number of hydrogen-bond donors (Lipinski definition) is 2. The lowest BCUT2D eigenvalue weighted by molar-refractivity contribution is -0.156. The van der Waals surface area contributed by atoms with Gasteiger partial charge in [0.25, 0.3) is 0 Å². The van der Waals surface area contributed by atoms with Crippen molar-refractivity contribution < 1.29 is 14.3 Å². The van der Waals surface area contributed by atoms with E-state index in [0.717, 1.165) is 99.8 Å². The normalized spacial score (nSPS) is 31.8. The van der Waals surface area contributed by atoms with Crippen LogP contribution >= 0.6 is 0 Å². The largest absolute Gasteiger partial charge is 0.461 e. The summed E-state index contributed by atoms with van der Waals surface area (Å²) >= 11 is 0. The molecule has 48 heavy (non-hydrogen) atoms. The predicted molar refractivity (Wildman–Crippen MR) is 199 cm³/mol. The van der Waals surface area contributed by atoms with E-state index < -0.39 is 0 Å². The number of nitrogens with two attached hydrogens (primary N) is 2. The number of rotatable bonds is 20. The first-order valence-electron chi connectivity index (χ1n) is 20.6. The minimum absolute atomic E-state index is 0.0594. The third kappa shape index (κ3) is 9.89. The van der Waals surface area contributed by atoms with E-state index in [0.29, 0.717) is 24.9 Å². The second-order valence-corrected chi connectivity index (χ2v) is 17.6. The zero-order valence-corrected chi connectivity index (χ0v) is 31.9. The van der Waals surface area contributed by atoms with Crippen LogP contribution in [-0.4, -0.2) is 49.1 Å². The van der Waals surface area contributed by atoms with E-state index in [4.69, 9.17) is 16.2 Å². The Balaban J connectivity index is 1.31. The van der Waals surface area contributed by atoms with Gasteiger partial charge in [0.15, 0.2) is 0 Å². The molecule has 4 rings (SSSR count). The molecule has 0 heterocycles. The van der Waals surface area contributed by atoms with Crippen LogP contribution in [0.25, 0.3) is 0 Å². The Morgan fingerprint density at radius 1 is 0.854 bits per heavy atom. The Morgan fingerprint density at radius 2 is 1.56 bits per heavy atom. The molecule has 0 aromatic rings. The fraction of sp³-hybridized carbons (Fsp3) is 0.905. The summed E-state index contributed by atoms with van der Waals surface area (Å²) in [7, 11) is 0. The highest BCUT2D eigenvalue weighted by molar-refractivity contribution is 5.82. The van der Waals surface area contributed by atoms with Crippen LogP contribution in [0.4, 0.5) is 0 Å². The molecule has 0 bridgehead atoms. The maximum absolute atomic E-state index is 13.3. The van der Waals surface area contributed by atoms with E-state index in [-0.39, 0.29) is 29.9 Å². The Bertz CT molecular complexity index is 1040. The molecule has 4 aliphatic rings. The van der Waals surface area contributed by atoms with Crippen molar-refractivity contribution in [2.45, 2.75) is 169 Å². The maximum Gasteiger partial charge on any atom is 0.325 e. The third-order valence-electron chi connectivity index (χ3n) is 14.0. The van der Waals surface area contributed by atoms with E-state index >= 15 is 0 Å². The molecule has 3 fully saturated rings. The Morgan fingerprint density at radius 3 is 2.29 bits per heavy atom. The fourth-order valence-electron chi connectivity index (χ4n) is 11.2. The van der Waals surface area contributed by atoms with Gasteiger partial charge in [-0.1, -0.05) is 91.2 Å². The van der Waals surface area contributed by atoms with Gasteiger partial charge in [-0.25, -0.2) is 0 Å². The molecule has 0 spiro atoms. The first-order valence-corrected chi connectivity index (χ1v) is 20.6. The second-order valence-electron chi connectivity index (χ2n) is 17.6. The number of amides is 1. The van der Waals surface area contributed by atoms with Gasteiger partial charge in [0.1, 0.15) is 12.6 Å². The van der Waals surface area contributed by atoms with E-state index in [1.165, 1.54) is 64.2 Å². The zero-order chi connectivity index (χ0) is 34.7. The molecule has 4 N–H and O–H groups in total. The highest BCUT2D eigenvalue weighted by Crippen LogP contribution is 2.67. The van der Waals surface area contributed by atoms with Crippen LogP contribution in [-0.2, 0) is 14.3 Å². The maximum atomic E-state index is 13.3. The molecule has 0 aromatic carbocycles. The summed E-state index contributed by atoms with van der Waals surface area (Å²) in [5.74, 6) is 4.80. The fourth-order valence-corrected chi connectivity index (χ4v) is 11.2. The number of allylic oxidation sites excluding steroid dienone is 1. The van der Waals surface area contributed by atoms with Gasteiger partial charge in [-0.3, -0.25) is 9.59 Å². The van der Waals surface area contributed by atoms with Crippen LogP contribution in [0, 0.1) is 46.3 Å². The standard InChI is InChI=1S/C42H75N3O3/c1-31(2)15-14-16-32(3)36-20-21-37-35-19-18-33-29-34(22-24-41(33,4)38(35)23-25-42(36,37)5)48-40(47)30-45(39(46)17-10-12-27-44)28-13-9-7-6-8-11-26-43/h18,31-32,34-38H,6-17,19-30,43-44H2,1-5H3/t32-,34+,35+,36-,37+,38+,41+,42-/m1/s1. The Labute approximate surface area is 295 Å². The molecule has 0 unspecified atom stereocenters. The quantitative estimate of drug-likeness (QED) is 0.0765. The summed E-state index contributed by atoms with van der Waals surface area (Å²) in [6, 6.07) is 0. The van der Waals surface area contributed by atoms with Crippen LogP contribution in [0.2, 0.25) is 0 Å². The van der Waals surface area contributed by atoms with Crippen molar-refractivity contribution in [2.24, 2.45) is 57.8 Å². The molecule has 4 aliphatic carbocycles. The minimum atomic E-state index is -0.235. The van der Waals surface area contributed by atoms with E-state index in [2.05, 4.69) is 40.7 Å². The van der Waals surface area contributed by atoms with Gasteiger partial charge in [-0.05, 0) is 130 Å². The van der Waals surface area contributed by atoms with Crippen molar-refractivity contribution in [1.82, 2.24) is 4.90 Å². The SMILES string of the molecule is CC(C)CCC[C@@H](C)[C@H]1CC[C@H]2[C@@H]3CC=C4C[C@@H](OC(=O)CN(CCCCCCCCN)C(=O)CCCCN)CC[C@]4(C)[C@H]3CC[C@]12C. The number of carbonyl (C=O) groups excluding carboxylic acids is 2. The van der Waals surface area contributed by atoms with Gasteiger partial charge in [0, 0.05) is 19.4 Å². The van der Waals surface area contributed by atoms with E-state index in [9.17, 15) is 9.59 Å². The van der Waals surface area contributed by atoms with Crippen molar-refractivity contribution in [2.75, 3.05) is 26.2 Å². The molecule has 276 valence electrons. The third-order valence-corrected chi connectivity index (χ3v) is 14.0. The summed E-state index contributed by atoms with van der Waals surface area (Å²) in [4.78, 5) is 28.2. The molecule has 0 saturated heterocycles. The van der Waals surface area contributed by atoms with E-state index in [1.54, 1.807) is 10.5 Å². The first kappa shape index (κ1) is 39.4. The second kappa shape index (κ2) is 18.7. The molecule has 8 atom stereocenters. The molecular weight excluding hydrogens is 594 g/mol. The molecule has 1 amide bonds. The van der Waals surface area contributed by atoms with Gasteiger partial charge in [0.05, 0.1) is 0 Å². The summed E-state index contributed by atoms with van der Waals surface area (Å²) in [5, 5.41) is 0. The minimum Gasteiger partial charge on any atom is -0.461 e. The van der Waals surface area contributed by atoms with Gasteiger partial charge >= 0.3 is 5.97 Å². The molecule has 0 aliphatic heterocycles. The highest BCUT2D eigenvalue weighted by atomic mass is 16.5. The number of esters is 1. The topological polar surface area (TPSA) is 98.6 Å². The van der Waals surface area contributed by atoms with Gasteiger partial charge in [-0.2, -0.15) is 0 Å². The molecular formula is C42H75N3O3. The Kier molecular flexibility index (Phi) is 15.4. The number of carbonyl (C=O) groups is 2. The molecule has 3 saturated carbocycles. The molecule has 6 nitrogen and oxygen atoms in total. The molecule has 0 aromatic heterocycles. The van der Waals surface area contributed by atoms with Crippen LogP contribution in [0.15, 0.2) is 11.6 Å². The number of nitrogens with zero attached hydrogens (tertiary/aromatic N) is 1. The van der Waals surface area contributed by atoms with Crippen molar-refractivity contribution in [3.05, 3.63) is 11.6 Å². The highest BCUT2D eigenvalue weighted by Gasteiger charge is 2.59. The van der Waals surface area contributed by atoms with Crippen molar-refractivity contribution in [3.8, 4) is 0 Å². The molecule has 0 radical (unpaired) electrons. The summed E-state index contributed by atoms with van der Waals surface area (Å²) in [5.41, 5.74) is 13.6. The number of hydrogen-bond acceptors (Lipinski definition) is 5. The lowest BCUT2D eigenvalue weighted by atomic mass is 9.47. The van der Waals surface area contributed by atoms with Crippen LogP contribution in [0.5, 0.6) is 0 Å². The lowest BCUT2D eigenvalue weighted by Gasteiger charge is -2.58. The van der Waals surface area contributed by atoms with Crippen molar-refractivity contribution in [1.29, 1.82) is 0 Å². The van der Waals surface area contributed by atoms with Gasteiger partial charge in [0.2, 0.25) is 5.91 Å². The smallest absolute Gasteiger partial charge is 0.325 e. The number of fused-ring (bicyclic) bond motifs is 5. The number of ether oxygens (including phenoxy) is 1. The first-order chi connectivity index (χ1) is 23.0. The summed E-state index contributed by atoms with van der Waals surface area (Å²) in [6.45, 7) is 14.6. The summed E-state index contributed by atoms with van der Waals surface area (Å²) in [6.07, 6.45) is 25.0. The van der Waals surface area contributed by atoms with Crippen LogP contribution in [0.3, 0.4) is 0 Å². The lowest BCUT2D eigenvalue weighted by Crippen LogP contribution is -2.51. The Hall–Kier alpha value is -1.40.